The van der Waals surface area contributed by atoms with E-state index in [1.54, 1.807) is 24.3 Å². The Hall–Kier alpha value is -0.620. The zero-order valence-electron chi connectivity index (χ0n) is 6.57. The summed E-state index contributed by atoms with van der Waals surface area (Å²) in [6, 6.07) is 6.77. The first-order valence-electron chi connectivity index (χ1n) is 3.44. The Kier molecular flexibility index (Phi) is 3.27. The van der Waals surface area contributed by atoms with Crippen LogP contribution in [0.3, 0.4) is 0 Å². The van der Waals surface area contributed by atoms with Crippen LogP contribution >= 0.6 is 11.6 Å². The normalized spacial score (nSPS) is 11.5. The summed E-state index contributed by atoms with van der Waals surface area (Å²) in [4.78, 5) is 0. The van der Waals surface area contributed by atoms with Gasteiger partial charge in [-0.1, -0.05) is 29.8 Å². The molecule has 0 atom stereocenters. The van der Waals surface area contributed by atoms with Crippen LogP contribution in [0.4, 0.5) is 0 Å². The third-order valence-corrected chi connectivity index (χ3v) is 2.28. The van der Waals surface area contributed by atoms with Gasteiger partial charge in [-0.3, -0.25) is 4.55 Å². The van der Waals surface area contributed by atoms with E-state index in [0.29, 0.717) is 10.6 Å². The van der Waals surface area contributed by atoms with E-state index in [1.165, 1.54) is 0 Å². The van der Waals surface area contributed by atoms with Gasteiger partial charge in [-0.15, -0.1) is 0 Å². The van der Waals surface area contributed by atoms with Gasteiger partial charge in [0.25, 0.3) is 0 Å². The number of benzene rings is 1. The Bertz CT molecular complexity index is 390. The summed E-state index contributed by atoms with van der Waals surface area (Å²) in [6.07, 6.45) is 0. The molecule has 1 aromatic carbocycles. The smallest absolute Gasteiger partial charge is 0.273 e. The van der Waals surface area contributed by atoms with Crippen LogP contribution in [0.2, 0.25) is 5.02 Å². The molecule has 0 saturated heterocycles. The first-order valence-corrected chi connectivity index (χ1v) is 5.26. The van der Waals surface area contributed by atoms with Gasteiger partial charge < -0.3 is 0 Å². The molecule has 0 unspecified atom stereocenters. The summed E-state index contributed by atoms with van der Waals surface area (Å²) in [6.45, 7) is -0.0154. The summed E-state index contributed by atoms with van der Waals surface area (Å²) >= 11 is 5.74. The van der Waals surface area contributed by atoms with E-state index in [-0.39, 0.29) is 6.54 Å². The summed E-state index contributed by atoms with van der Waals surface area (Å²) in [5.74, 6) is 0. The molecule has 0 spiro atoms. The highest BCUT2D eigenvalue weighted by atomic mass is 35.5. The van der Waals surface area contributed by atoms with E-state index in [9.17, 15) is 8.42 Å². The summed E-state index contributed by atoms with van der Waals surface area (Å²) in [5, 5.41) is 0.457. The minimum atomic E-state index is -4.15. The van der Waals surface area contributed by atoms with Crippen LogP contribution < -0.4 is 4.72 Å². The molecule has 13 heavy (non-hydrogen) atoms. The molecule has 4 nitrogen and oxygen atoms in total. The fourth-order valence-corrected chi connectivity index (χ4v) is 1.35. The van der Waals surface area contributed by atoms with Crippen LogP contribution in [-0.2, 0) is 16.8 Å². The topological polar surface area (TPSA) is 66.4 Å². The summed E-state index contributed by atoms with van der Waals surface area (Å²) < 4.78 is 30.9. The second-order valence-electron chi connectivity index (χ2n) is 2.39. The van der Waals surface area contributed by atoms with Crippen molar-refractivity contribution in [2.45, 2.75) is 6.54 Å². The van der Waals surface area contributed by atoms with Crippen molar-refractivity contribution < 1.29 is 13.0 Å². The zero-order valence-corrected chi connectivity index (χ0v) is 8.14. The van der Waals surface area contributed by atoms with Crippen molar-refractivity contribution in [3.63, 3.8) is 0 Å². The molecule has 0 heterocycles. The van der Waals surface area contributed by atoms with Crippen molar-refractivity contribution in [2.75, 3.05) is 0 Å². The molecule has 0 aromatic heterocycles. The van der Waals surface area contributed by atoms with E-state index in [2.05, 4.69) is 0 Å². The molecular weight excluding hydrogens is 214 g/mol. The first kappa shape index (κ1) is 10.5. The Morgan fingerprint density at radius 2 is 2.00 bits per heavy atom. The summed E-state index contributed by atoms with van der Waals surface area (Å²) in [7, 11) is -4.15. The third-order valence-electron chi connectivity index (χ3n) is 1.40. The lowest BCUT2D eigenvalue weighted by molar-refractivity contribution is 0.467. The second-order valence-corrected chi connectivity index (χ2v) is 4.03. The number of hydrogen-bond acceptors (Lipinski definition) is 2. The van der Waals surface area contributed by atoms with E-state index in [0.717, 1.165) is 0 Å². The van der Waals surface area contributed by atoms with Gasteiger partial charge in [-0.2, -0.15) is 13.1 Å². The average molecular weight is 222 g/mol. The molecule has 0 amide bonds. The van der Waals surface area contributed by atoms with Gasteiger partial charge in [0.2, 0.25) is 0 Å². The minimum Gasteiger partial charge on any atom is -0.273 e. The Labute approximate surface area is 81.4 Å². The van der Waals surface area contributed by atoms with E-state index in [4.69, 9.17) is 16.2 Å². The van der Waals surface area contributed by atoms with Crippen LogP contribution in [0, 0.1) is 0 Å². The SMILES string of the molecule is O=S(=O)(O)NCc1ccccc1Cl. The third kappa shape index (κ3) is 3.73. The van der Waals surface area contributed by atoms with Crippen molar-refractivity contribution in [3.05, 3.63) is 34.9 Å². The van der Waals surface area contributed by atoms with Gasteiger partial charge in [-0.05, 0) is 11.6 Å². The molecule has 1 aromatic rings. The molecule has 2 N–H and O–H groups in total. The van der Waals surface area contributed by atoms with Gasteiger partial charge in [-0.25, -0.2) is 0 Å². The highest BCUT2D eigenvalue weighted by Crippen LogP contribution is 2.14. The lowest BCUT2D eigenvalue weighted by Crippen LogP contribution is -2.21. The van der Waals surface area contributed by atoms with Gasteiger partial charge in [0, 0.05) is 11.6 Å². The predicted molar refractivity (Wildman–Crippen MR) is 49.8 cm³/mol. The van der Waals surface area contributed by atoms with Gasteiger partial charge >= 0.3 is 10.3 Å². The van der Waals surface area contributed by atoms with Gasteiger partial charge in [0.15, 0.2) is 0 Å². The van der Waals surface area contributed by atoms with Crippen molar-refractivity contribution in [1.82, 2.24) is 4.72 Å². The number of rotatable bonds is 3. The van der Waals surface area contributed by atoms with Gasteiger partial charge in [0.1, 0.15) is 0 Å². The van der Waals surface area contributed by atoms with Gasteiger partial charge in [0.05, 0.1) is 0 Å². The van der Waals surface area contributed by atoms with E-state index in [1.807, 2.05) is 4.72 Å². The molecule has 0 aliphatic carbocycles. The van der Waals surface area contributed by atoms with Crippen LogP contribution in [0.5, 0.6) is 0 Å². The van der Waals surface area contributed by atoms with E-state index >= 15 is 0 Å². The molecule has 72 valence electrons. The monoisotopic (exact) mass is 221 g/mol. The van der Waals surface area contributed by atoms with Crippen molar-refractivity contribution in [1.29, 1.82) is 0 Å². The predicted octanol–water partition coefficient (Wildman–Crippen LogP) is 1.23. The van der Waals surface area contributed by atoms with Crippen LogP contribution in [-0.4, -0.2) is 13.0 Å². The standard InChI is InChI=1S/C7H8ClNO3S/c8-7-4-2-1-3-6(7)5-9-13(10,11)12/h1-4,9H,5H2,(H,10,11,12). The molecule has 0 bridgehead atoms. The van der Waals surface area contributed by atoms with Crippen LogP contribution in [0.1, 0.15) is 5.56 Å². The fraction of sp³-hybridized carbons (Fsp3) is 0.143. The molecule has 0 saturated carbocycles. The van der Waals surface area contributed by atoms with Crippen molar-refractivity contribution in [3.8, 4) is 0 Å². The molecule has 6 heteroatoms. The van der Waals surface area contributed by atoms with E-state index < -0.39 is 10.3 Å². The maximum absolute atomic E-state index is 10.3. The number of halogens is 1. The largest absolute Gasteiger partial charge is 0.333 e. The highest BCUT2D eigenvalue weighted by molar-refractivity contribution is 7.83. The fourth-order valence-electron chi connectivity index (χ4n) is 0.811. The molecule has 0 fully saturated rings. The minimum absolute atomic E-state index is 0.0154. The Balaban J connectivity index is 2.71. The lowest BCUT2D eigenvalue weighted by atomic mass is 10.2. The Morgan fingerprint density at radius 3 is 2.54 bits per heavy atom. The number of nitrogens with one attached hydrogen (secondary N) is 1. The molecule has 0 aliphatic rings. The van der Waals surface area contributed by atoms with Crippen molar-refractivity contribution >= 4 is 21.9 Å². The number of hydrogen-bond donors (Lipinski definition) is 2. The van der Waals surface area contributed by atoms with Crippen LogP contribution in [0.15, 0.2) is 24.3 Å². The average Bonchev–Trinajstić information content (AvgIpc) is 2.01. The maximum Gasteiger partial charge on any atom is 0.333 e. The quantitative estimate of drug-likeness (QED) is 0.755. The summed E-state index contributed by atoms with van der Waals surface area (Å²) in [5.41, 5.74) is 0.613. The maximum atomic E-state index is 10.3. The van der Waals surface area contributed by atoms with Crippen molar-refractivity contribution in [2.24, 2.45) is 0 Å². The lowest BCUT2D eigenvalue weighted by Gasteiger charge is -2.02. The Morgan fingerprint density at radius 1 is 1.38 bits per heavy atom. The highest BCUT2D eigenvalue weighted by Gasteiger charge is 2.04. The first-order chi connectivity index (χ1) is 5.99. The second kappa shape index (κ2) is 4.06. The van der Waals surface area contributed by atoms with Crippen LogP contribution in [0.25, 0.3) is 0 Å². The molecule has 0 radical (unpaired) electrons. The molecular formula is C7H8ClNO3S. The molecule has 0 aliphatic heterocycles. The molecule has 1 rings (SSSR count). The zero-order chi connectivity index (χ0) is 9.90.